The number of ether oxygens (including phenoxy) is 1. The summed E-state index contributed by atoms with van der Waals surface area (Å²) < 4.78 is 13.2. The summed E-state index contributed by atoms with van der Waals surface area (Å²) in [5.74, 6) is 0.890. The van der Waals surface area contributed by atoms with Crippen LogP contribution in [0.25, 0.3) is 11.0 Å². The second kappa shape index (κ2) is 10.9. The van der Waals surface area contributed by atoms with Crippen molar-refractivity contribution in [3.63, 3.8) is 0 Å². The highest BCUT2D eigenvalue weighted by atomic mass is 16.5. The number of nitrogens with one attached hydrogen (secondary N) is 1. The monoisotopic (exact) mass is 503 g/mol. The Balaban J connectivity index is 1.82. The molecule has 9 heteroatoms. The predicted octanol–water partition coefficient (Wildman–Crippen LogP) is 4.81. The zero-order chi connectivity index (χ0) is 26.6. The summed E-state index contributed by atoms with van der Waals surface area (Å²) >= 11 is 0. The van der Waals surface area contributed by atoms with Gasteiger partial charge in [-0.1, -0.05) is 30.3 Å². The van der Waals surface area contributed by atoms with E-state index < -0.39 is 11.6 Å². The molecule has 0 radical (unpaired) electrons. The first kappa shape index (κ1) is 25.9. The number of carbonyl (C=O) groups excluding carboxylic acids is 2. The smallest absolute Gasteiger partial charge is 0.251 e. The molecule has 0 aliphatic rings. The molecular weight excluding hydrogens is 470 g/mol. The first-order valence-electron chi connectivity index (χ1n) is 12.4. The number of anilines is 1. The molecule has 2 heterocycles. The molecule has 0 aliphatic carbocycles. The highest BCUT2D eigenvalue weighted by Gasteiger charge is 2.37. The second-order valence-electron chi connectivity index (χ2n) is 9.51. The number of carbonyl (C=O) groups is 2. The van der Waals surface area contributed by atoms with E-state index in [0.29, 0.717) is 41.5 Å². The summed E-state index contributed by atoms with van der Waals surface area (Å²) in [6, 6.07) is 17.0. The van der Waals surface area contributed by atoms with E-state index in [0.717, 1.165) is 5.52 Å². The van der Waals surface area contributed by atoms with Crippen LogP contribution in [-0.2, 0) is 16.1 Å². The largest absolute Gasteiger partial charge is 0.494 e. The molecule has 2 aromatic carbocycles. The lowest BCUT2D eigenvalue weighted by Crippen LogP contribution is -2.51. The van der Waals surface area contributed by atoms with Gasteiger partial charge in [0.15, 0.2) is 6.04 Å². The zero-order valence-corrected chi connectivity index (χ0v) is 21.9. The van der Waals surface area contributed by atoms with Crippen molar-refractivity contribution >= 4 is 28.5 Å². The van der Waals surface area contributed by atoms with Crippen LogP contribution in [0.3, 0.4) is 0 Å². The molecule has 1 N–H and O–H groups in total. The van der Waals surface area contributed by atoms with Gasteiger partial charge >= 0.3 is 0 Å². The zero-order valence-electron chi connectivity index (χ0n) is 21.9. The average Bonchev–Trinajstić information content (AvgIpc) is 3.48. The molecule has 0 bridgehead atoms. The molecular formula is C28H33N5O4. The van der Waals surface area contributed by atoms with Gasteiger partial charge in [0, 0.05) is 17.3 Å². The molecule has 1 atom stereocenters. The van der Waals surface area contributed by atoms with Crippen LogP contribution in [-0.4, -0.2) is 39.0 Å². The van der Waals surface area contributed by atoms with Crippen molar-refractivity contribution in [1.82, 2.24) is 20.3 Å². The van der Waals surface area contributed by atoms with Gasteiger partial charge in [0.2, 0.25) is 5.91 Å². The summed E-state index contributed by atoms with van der Waals surface area (Å²) in [6.07, 6.45) is 0.710. The number of nitrogens with zero attached hydrogens (tertiary/aromatic N) is 4. The average molecular weight is 504 g/mol. The Labute approximate surface area is 216 Å². The van der Waals surface area contributed by atoms with Crippen LogP contribution in [0.1, 0.15) is 51.7 Å². The molecule has 0 aliphatic heterocycles. The number of hydrogen-bond acceptors (Lipinski definition) is 6. The van der Waals surface area contributed by atoms with E-state index in [-0.39, 0.29) is 18.4 Å². The Morgan fingerprint density at radius 1 is 1.11 bits per heavy atom. The van der Waals surface area contributed by atoms with Crippen LogP contribution in [0.5, 0.6) is 5.75 Å². The third-order valence-electron chi connectivity index (χ3n) is 6.26. The van der Waals surface area contributed by atoms with E-state index in [1.54, 1.807) is 37.3 Å². The quantitative estimate of drug-likeness (QED) is 0.333. The first-order valence-corrected chi connectivity index (χ1v) is 12.4. The number of aryl methyl sites for hydroxylation is 1. The van der Waals surface area contributed by atoms with Gasteiger partial charge in [-0.25, -0.2) is 4.68 Å². The number of furan rings is 1. The van der Waals surface area contributed by atoms with Crippen LogP contribution in [0.2, 0.25) is 0 Å². The van der Waals surface area contributed by atoms with Gasteiger partial charge < -0.3 is 14.5 Å². The van der Waals surface area contributed by atoms with E-state index in [2.05, 4.69) is 15.6 Å². The van der Waals surface area contributed by atoms with Crippen LogP contribution >= 0.6 is 0 Å². The Kier molecular flexibility index (Phi) is 7.61. The molecule has 194 valence electrons. The van der Waals surface area contributed by atoms with Crippen molar-refractivity contribution in [2.45, 2.75) is 59.2 Å². The number of hydrogen-bond donors (Lipinski definition) is 1. The Bertz CT molecular complexity index is 1390. The minimum atomic E-state index is -1.06. The van der Waals surface area contributed by atoms with E-state index in [1.807, 2.05) is 58.0 Å². The topological polar surface area (TPSA) is 102 Å². The molecule has 0 unspecified atom stereocenters. The third-order valence-corrected chi connectivity index (χ3v) is 6.26. The third kappa shape index (κ3) is 5.82. The molecule has 2 aromatic heterocycles. The number of fused-ring (bicyclic) bond motifs is 1. The van der Waals surface area contributed by atoms with Gasteiger partial charge in [0.25, 0.3) is 5.91 Å². The number of aromatic nitrogens is 3. The van der Waals surface area contributed by atoms with E-state index in [4.69, 9.17) is 9.15 Å². The Morgan fingerprint density at radius 3 is 2.59 bits per heavy atom. The lowest BCUT2D eigenvalue weighted by atomic mass is 10.0. The van der Waals surface area contributed by atoms with Gasteiger partial charge in [0.05, 0.1) is 12.1 Å². The maximum Gasteiger partial charge on any atom is 0.251 e. The summed E-state index contributed by atoms with van der Waals surface area (Å²) in [7, 11) is 0. The maximum absolute atomic E-state index is 14.1. The lowest BCUT2D eigenvalue weighted by Gasteiger charge is -2.33. The SMILES string of the molecule is CCOc1cccc(N(C(=O)Cn2nnc3ccccc32)[C@@H](C(=O)NC(C)(C)CC)c2ccc(C)o2)c1. The lowest BCUT2D eigenvalue weighted by molar-refractivity contribution is -0.128. The summed E-state index contributed by atoms with van der Waals surface area (Å²) in [5.41, 5.74) is 1.42. The van der Waals surface area contributed by atoms with Gasteiger partial charge in [-0.15, -0.1) is 5.10 Å². The normalized spacial score (nSPS) is 12.4. The van der Waals surface area contributed by atoms with Gasteiger partial charge in [-0.05, 0) is 70.5 Å². The molecule has 0 spiro atoms. The molecule has 37 heavy (non-hydrogen) atoms. The van der Waals surface area contributed by atoms with Crippen molar-refractivity contribution in [2.75, 3.05) is 11.5 Å². The van der Waals surface area contributed by atoms with Crippen LogP contribution in [0.15, 0.2) is 65.1 Å². The van der Waals surface area contributed by atoms with E-state index in [1.165, 1.54) is 9.58 Å². The van der Waals surface area contributed by atoms with Crippen molar-refractivity contribution in [1.29, 1.82) is 0 Å². The molecule has 0 fully saturated rings. The van der Waals surface area contributed by atoms with Crippen LogP contribution in [0.4, 0.5) is 5.69 Å². The van der Waals surface area contributed by atoms with Crippen molar-refractivity contribution in [3.8, 4) is 5.75 Å². The highest BCUT2D eigenvalue weighted by Crippen LogP contribution is 2.32. The van der Waals surface area contributed by atoms with Crippen molar-refractivity contribution in [3.05, 3.63) is 72.2 Å². The predicted molar refractivity (Wildman–Crippen MR) is 141 cm³/mol. The number of benzene rings is 2. The molecule has 0 saturated carbocycles. The fourth-order valence-electron chi connectivity index (χ4n) is 4.03. The maximum atomic E-state index is 14.1. The first-order chi connectivity index (χ1) is 17.7. The van der Waals surface area contributed by atoms with Crippen molar-refractivity contribution < 1.29 is 18.7 Å². The number of rotatable bonds is 10. The van der Waals surface area contributed by atoms with E-state index >= 15 is 0 Å². The minimum Gasteiger partial charge on any atom is -0.494 e. The van der Waals surface area contributed by atoms with E-state index in [9.17, 15) is 9.59 Å². The fraction of sp³-hybridized carbons (Fsp3) is 0.357. The summed E-state index contributed by atoms with van der Waals surface area (Å²) in [6.45, 7) is 9.92. The molecule has 0 saturated heterocycles. The minimum absolute atomic E-state index is 0.125. The summed E-state index contributed by atoms with van der Waals surface area (Å²) in [5, 5.41) is 11.4. The molecule has 4 aromatic rings. The Hall–Kier alpha value is -4.14. The van der Waals surface area contributed by atoms with Crippen LogP contribution in [0, 0.1) is 6.92 Å². The second-order valence-corrected chi connectivity index (χ2v) is 9.51. The van der Waals surface area contributed by atoms with Crippen LogP contribution < -0.4 is 15.0 Å². The van der Waals surface area contributed by atoms with Gasteiger partial charge in [-0.2, -0.15) is 0 Å². The molecule has 9 nitrogen and oxygen atoms in total. The molecule has 2 amide bonds. The van der Waals surface area contributed by atoms with Crippen molar-refractivity contribution in [2.24, 2.45) is 0 Å². The summed E-state index contributed by atoms with van der Waals surface area (Å²) in [4.78, 5) is 29.4. The fourth-order valence-corrected chi connectivity index (χ4v) is 4.03. The Morgan fingerprint density at radius 2 is 1.89 bits per heavy atom. The highest BCUT2D eigenvalue weighted by molar-refractivity contribution is 6.01. The number of amides is 2. The standard InChI is InChI=1S/C28H33N5O4/c1-6-28(4,5)29-27(35)26(24-16-15-19(3)37-24)33(20-11-10-12-21(17-20)36-7-2)25(34)18-32-23-14-9-8-13-22(23)30-31-32/h8-17,26H,6-7,18H2,1-5H3,(H,29,35)/t26-/m1/s1. The van der Waals surface area contributed by atoms with Gasteiger partial charge in [-0.3, -0.25) is 14.5 Å². The van der Waals surface area contributed by atoms with Gasteiger partial charge in [0.1, 0.15) is 29.3 Å². The number of para-hydroxylation sites is 1. The molecule has 4 rings (SSSR count).